The van der Waals surface area contributed by atoms with E-state index in [0.717, 1.165) is 12.0 Å². The Kier molecular flexibility index (Phi) is 1.86. The summed E-state index contributed by atoms with van der Waals surface area (Å²) >= 11 is 1.65. The van der Waals surface area contributed by atoms with Crippen LogP contribution in [0.15, 0.2) is 11.4 Å². The van der Waals surface area contributed by atoms with Gasteiger partial charge in [0.05, 0.1) is 5.56 Å². The van der Waals surface area contributed by atoms with Crippen molar-refractivity contribution in [1.82, 2.24) is 0 Å². The monoisotopic (exact) mass is 137 g/mol. The molecule has 0 unspecified atom stereocenters. The predicted octanol–water partition coefficient (Wildman–Crippen LogP) is 2.18. The average Bonchev–Trinajstić information content (AvgIpc) is 2.33. The van der Waals surface area contributed by atoms with Gasteiger partial charge in [-0.3, -0.25) is 0 Å². The van der Waals surface area contributed by atoms with Crippen LogP contribution in [0.2, 0.25) is 0 Å². The van der Waals surface area contributed by atoms with Crippen LogP contribution in [0.5, 0.6) is 0 Å². The number of nitriles is 1. The second-order valence-corrected chi connectivity index (χ2v) is 2.72. The van der Waals surface area contributed by atoms with Crippen LogP contribution in [0, 0.1) is 11.3 Å². The fraction of sp³-hybridized carbons (Fsp3) is 0.286. The van der Waals surface area contributed by atoms with Crippen molar-refractivity contribution in [2.24, 2.45) is 0 Å². The topological polar surface area (TPSA) is 23.8 Å². The van der Waals surface area contributed by atoms with Crippen LogP contribution < -0.4 is 0 Å². The number of hydrogen-bond acceptors (Lipinski definition) is 2. The van der Waals surface area contributed by atoms with Crippen LogP contribution >= 0.6 is 11.3 Å². The number of rotatable bonds is 1. The van der Waals surface area contributed by atoms with E-state index in [-0.39, 0.29) is 0 Å². The standard InChI is InChI=1S/C7H7NS/c1-2-7-6(5-8)3-4-9-7/h3-4H,2H2,1H3. The minimum Gasteiger partial charge on any atom is -0.192 e. The van der Waals surface area contributed by atoms with Crippen LogP contribution in [-0.2, 0) is 6.42 Å². The first-order valence-corrected chi connectivity index (χ1v) is 3.73. The maximum absolute atomic E-state index is 8.50. The molecule has 0 aliphatic rings. The van der Waals surface area contributed by atoms with Crippen LogP contribution in [0.4, 0.5) is 0 Å². The molecule has 0 radical (unpaired) electrons. The Hall–Kier alpha value is -0.810. The molecule has 0 bridgehead atoms. The van der Waals surface area contributed by atoms with E-state index in [9.17, 15) is 0 Å². The first-order valence-electron chi connectivity index (χ1n) is 2.85. The summed E-state index contributed by atoms with van der Waals surface area (Å²) in [6.45, 7) is 2.06. The lowest BCUT2D eigenvalue weighted by molar-refractivity contribution is 1.18. The SMILES string of the molecule is CCc1sccc1C#N. The highest BCUT2D eigenvalue weighted by Crippen LogP contribution is 2.15. The van der Waals surface area contributed by atoms with Crippen molar-refractivity contribution in [3.8, 4) is 6.07 Å². The molecule has 0 saturated carbocycles. The fourth-order valence-corrected chi connectivity index (χ4v) is 1.49. The van der Waals surface area contributed by atoms with Gasteiger partial charge in [0, 0.05) is 4.88 Å². The van der Waals surface area contributed by atoms with Crippen molar-refractivity contribution in [2.75, 3.05) is 0 Å². The fourth-order valence-electron chi connectivity index (χ4n) is 0.714. The smallest absolute Gasteiger partial charge is 0.100 e. The maximum Gasteiger partial charge on any atom is 0.100 e. The van der Waals surface area contributed by atoms with Gasteiger partial charge < -0.3 is 0 Å². The molecule has 0 fully saturated rings. The zero-order valence-electron chi connectivity index (χ0n) is 5.22. The second kappa shape index (κ2) is 2.65. The molecule has 46 valence electrons. The molecule has 1 rings (SSSR count). The van der Waals surface area contributed by atoms with Gasteiger partial charge in [-0.1, -0.05) is 6.92 Å². The predicted molar refractivity (Wildman–Crippen MR) is 38.4 cm³/mol. The number of aryl methyl sites for hydroxylation is 1. The molecular formula is C7H7NS. The van der Waals surface area contributed by atoms with E-state index in [0.29, 0.717) is 0 Å². The Morgan fingerprint density at radius 1 is 1.78 bits per heavy atom. The zero-order chi connectivity index (χ0) is 6.69. The molecule has 0 spiro atoms. The summed E-state index contributed by atoms with van der Waals surface area (Å²) in [5.74, 6) is 0. The number of thiophene rings is 1. The molecule has 0 saturated heterocycles. The van der Waals surface area contributed by atoms with Gasteiger partial charge in [0.2, 0.25) is 0 Å². The Morgan fingerprint density at radius 3 is 3.00 bits per heavy atom. The quantitative estimate of drug-likeness (QED) is 0.582. The molecule has 0 atom stereocenters. The molecule has 0 aliphatic heterocycles. The van der Waals surface area contributed by atoms with Gasteiger partial charge in [-0.2, -0.15) is 5.26 Å². The van der Waals surface area contributed by atoms with Gasteiger partial charge in [-0.15, -0.1) is 11.3 Å². The van der Waals surface area contributed by atoms with Gasteiger partial charge >= 0.3 is 0 Å². The van der Waals surface area contributed by atoms with Crippen LogP contribution in [-0.4, -0.2) is 0 Å². The van der Waals surface area contributed by atoms with Gasteiger partial charge in [-0.05, 0) is 17.9 Å². The van der Waals surface area contributed by atoms with Crippen molar-refractivity contribution in [1.29, 1.82) is 5.26 Å². The van der Waals surface area contributed by atoms with E-state index in [1.165, 1.54) is 4.88 Å². The first kappa shape index (κ1) is 6.31. The average molecular weight is 137 g/mol. The van der Waals surface area contributed by atoms with Crippen molar-refractivity contribution in [2.45, 2.75) is 13.3 Å². The summed E-state index contributed by atoms with van der Waals surface area (Å²) in [4.78, 5) is 1.19. The normalized spacial score (nSPS) is 8.89. The molecular weight excluding hydrogens is 130 g/mol. The van der Waals surface area contributed by atoms with Crippen LogP contribution in [0.25, 0.3) is 0 Å². The summed E-state index contributed by atoms with van der Waals surface area (Å²) in [5, 5.41) is 10.5. The molecule has 1 nitrogen and oxygen atoms in total. The molecule has 9 heavy (non-hydrogen) atoms. The molecule has 2 heteroatoms. The Bertz CT molecular complexity index is 231. The third kappa shape index (κ3) is 1.11. The molecule has 0 aliphatic carbocycles. The van der Waals surface area contributed by atoms with Gasteiger partial charge in [0.25, 0.3) is 0 Å². The molecule has 0 N–H and O–H groups in total. The van der Waals surface area contributed by atoms with E-state index < -0.39 is 0 Å². The van der Waals surface area contributed by atoms with Gasteiger partial charge in [-0.25, -0.2) is 0 Å². The number of hydrogen-bond donors (Lipinski definition) is 0. The Morgan fingerprint density at radius 2 is 2.56 bits per heavy atom. The van der Waals surface area contributed by atoms with Crippen molar-refractivity contribution in [3.05, 3.63) is 21.9 Å². The van der Waals surface area contributed by atoms with Crippen molar-refractivity contribution < 1.29 is 0 Å². The summed E-state index contributed by atoms with van der Waals surface area (Å²) in [7, 11) is 0. The lowest BCUT2D eigenvalue weighted by Gasteiger charge is -1.85. The number of nitrogens with zero attached hydrogens (tertiary/aromatic N) is 1. The molecule has 0 amide bonds. The second-order valence-electron chi connectivity index (χ2n) is 1.72. The minimum atomic E-state index is 0.836. The molecule has 0 aromatic carbocycles. The molecule has 1 aromatic rings. The highest BCUT2D eigenvalue weighted by molar-refractivity contribution is 7.10. The highest BCUT2D eigenvalue weighted by atomic mass is 32.1. The van der Waals surface area contributed by atoms with E-state index in [4.69, 9.17) is 5.26 Å². The lowest BCUT2D eigenvalue weighted by atomic mass is 10.2. The van der Waals surface area contributed by atoms with E-state index in [1.54, 1.807) is 11.3 Å². The summed E-state index contributed by atoms with van der Waals surface area (Å²) in [6.07, 6.45) is 0.973. The summed E-state index contributed by atoms with van der Waals surface area (Å²) < 4.78 is 0. The Balaban J connectivity index is 3.02. The largest absolute Gasteiger partial charge is 0.192 e. The maximum atomic E-state index is 8.50. The zero-order valence-corrected chi connectivity index (χ0v) is 6.03. The molecule has 1 aromatic heterocycles. The van der Waals surface area contributed by atoms with E-state index in [2.05, 4.69) is 13.0 Å². The summed E-state index contributed by atoms with van der Waals surface area (Å²) in [5.41, 5.74) is 0.836. The third-order valence-corrected chi connectivity index (χ3v) is 2.25. The highest BCUT2D eigenvalue weighted by Gasteiger charge is 1.97. The lowest BCUT2D eigenvalue weighted by Crippen LogP contribution is -1.75. The van der Waals surface area contributed by atoms with Crippen LogP contribution in [0.3, 0.4) is 0 Å². The minimum absolute atomic E-state index is 0.836. The van der Waals surface area contributed by atoms with Crippen molar-refractivity contribution in [3.63, 3.8) is 0 Å². The molecule has 1 heterocycles. The van der Waals surface area contributed by atoms with Crippen molar-refractivity contribution >= 4 is 11.3 Å². The Labute approximate surface area is 58.6 Å². The third-order valence-electron chi connectivity index (χ3n) is 1.19. The van der Waals surface area contributed by atoms with E-state index in [1.807, 2.05) is 11.4 Å². The van der Waals surface area contributed by atoms with Crippen LogP contribution in [0.1, 0.15) is 17.4 Å². The van der Waals surface area contributed by atoms with Gasteiger partial charge in [0.15, 0.2) is 0 Å². The van der Waals surface area contributed by atoms with Gasteiger partial charge in [0.1, 0.15) is 6.07 Å². The van der Waals surface area contributed by atoms with E-state index >= 15 is 0 Å². The summed E-state index contributed by atoms with van der Waals surface area (Å²) in [6, 6.07) is 4.00. The first-order chi connectivity index (χ1) is 4.38.